The normalized spacial score (nSPS) is 12.1. The summed E-state index contributed by atoms with van der Waals surface area (Å²) < 4.78 is 0. The second-order valence-corrected chi connectivity index (χ2v) is 6.99. The zero-order valence-electron chi connectivity index (χ0n) is 16.1. The average molecular weight is 402 g/mol. The molecular weight excluding hydrogens is 384 g/mol. The minimum atomic E-state index is -0.513. The number of aryl methyl sites for hydroxylation is 1. The van der Waals surface area contributed by atoms with Crippen LogP contribution in [0.25, 0.3) is 11.1 Å². The summed E-state index contributed by atoms with van der Waals surface area (Å²) in [6, 6.07) is 16.8. The summed E-state index contributed by atoms with van der Waals surface area (Å²) in [6.07, 6.45) is 0. The van der Waals surface area contributed by atoms with Crippen LogP contribution in [-0.2, 0) is 6.54 Å². The van der Waals surface area contributed by atoms with E-state index in [1.165, 1.54) is 12.1 Å². The Bertz CT molecular complexity index is 1170. The number of carbonyl (C=O) groups excluding carboxylic acids is 2. The van der Waals surface area contributed by atoms with E-state index in [1.54, 1.807) is 30.3 Å². The molecule has 3 aromatic carbocycles. The number of nitrogens with one attached hydrogen (secondary N) is 3. The van der Waals surface area contributed by atoms with Crippen LogP contribution in [0, 0.1) is 17.0 Å². The minimum absolute atomic E-state index is 0.138. The maximum Gasteiger partial charge on any atom is 0.323 e. The van der Waals surface area contributed by atoms with Crippen molar-refractivity contribution in [3.8, 4) is 11.1 Å². The van der Waals surface area contributed by atoms with Gasteiger partial charge in [-0.15, -0.1) is 0 Å². The number of hydrogen-bond acceptors (Lipinski definition) is 4. The van der Waals surface area contributed by atoms with Gasteiger partial charge in [0.1, 0.15) is 0 Å². The molecule has 1 heterocycles. The number of anilines is 2. The molecule has 1 aliphatic heterocycles. The molecule has 0 atom stereocenters. The maximum atomic E-state index is 12.2. The fourth-order valence-corrected chi connectivity index (χ4v) is 3.43. The van der Waals surface area contributed by atoms with Crippen molar-refractivity contribution in [1.82, 2.24) is 5.32 Å². The number of nitro benzene ring substituents is 1. The number of urea groups is 1. The number of carbonyl (C=O) groups is 2. The van der Waals surface area contributed by atoms with E-state index in [0.29, 0.717) is 29.0 Å². The third-order valence-electron chi connectivity index (χ3n) is 4.85. The summed E-state index contributed by atoms with van der Waals surface area (Å²) in [7, 11) is 0. The summed E-state index contributed by atoms with van der Waals surface area (Å²) >= 11 is 0. The summed E-state index contributed by atoms with van der Waals surface area (Å²) in [6.45, 7) is 2.26. The SMILES string of the molecule is Cc1cccc(NC(=O)Nc2ccc(-c3cc([N+](=O)[O-])cc4c3CNC4=O)cc2)c1. The van der Waals surface area contributed by atoms with Gasteiger partial charge in [0.15, 0.2) is 0 Å². The molecule has 3 aromatic rings. The molecule has 4 rings (SSSR count). The number of non-ortho nitro benzene ring substituents is 1. The molecular formula is C22H18N4O4. The first kappa shape index (κ1) is 19.1. The molecule has 3 amide bonds. The number of nitro groups is 1. The van der Waals surface area contributed by atoms with Crippen molar-refractivity contribution in [3.63, 3.8) is 0 Å². The van der Waals surface area contributed by atoms with Crippen LogP contribution >= 0.6 is 0 Å². The van der Waals surface area contributed by atoms with Crippen LogP contribution in [0.1, 0.15) is 21.5 Å². The third kappa shape index (κ3) is 3.83. The quantitative estimate of drug-likeness (QED) is 0.442. The second-order valence-electron chi connectivity index (χ2n) is 6.99. The number of benzene rings is 3. The van der Waals surface area contributed by atoms with E-state index in [-0.39, 0.29) is 17.6 Å². The molecule has 0 saturated carbocycles. The third-order valence-corrected chi connectivity index (χ3v) is 4.85. The van der Waals surface area contributed by atoms with Gasteiger partial charge < -0.3 is 16.0 Å². The lowest BCUT2D eigenvalue weighted by molar-refractivity contribution is -0.384. The van der Waals surface area contributed by atoms with Gasteiger partial charge in [-0.3, -0.25) is 14.9 Å². The van der Waals surface area contributed by atoms with Crippen LogP contribution in [-0.4, -0.2) is 16.9 Å². The van der Waals surface area contributed by atoms with Crippen LogP contribution in [0.5, 0.6) is 0 Å². The number of rotatable bonds is 4. The van der Waals surface area contributed by atoms with Gasteiger partial charge in [-0.25, -0.2) is 4.79 Å². The lowest BCUT2D eigenvalue weighted by atomic mass is 9.96. The Kier molecular flexibility index (Phi) is 4.89. The molecule has 0 aliphatic carbocycles. The van der Waals surface area contributed by atoms with Gasteiger partial charge in [-0.1, -0.05) is 24.3 Å². The Morgan fingerprint density at radius 2 is 1.70 bits per heavy atom. The predicted octanol–water partition coefficient (Wildman–Crippen LogP) is 4.46. The van der Waals surface area contributed by atoms with Crippen molar-refractivity contribution in [2.75, 3.05) is 10.6 Å². The van der Waals surface area contributed by atoms with Crippen molar-refractivity contribution in [3.05, 3.63) is 87.5 Å². The van der Waals surface area contributed by atoms with E-state index in [0.717, 1.165) is 16.7 Å². The fraction of sp³-hybridized carbons (Fsp3) is 0.0909. The highest BCUT2D eigenvalue weighted by Crippen LogP contribution is 2.34. The van der Waals surface area contributed by atoms with E-state index in [4.69, 9.17) is 0 Å². The molecule has 8 heteroatoms. The van der Waals surface area contributed by atoms with Gasteiger partial charge in [0.25, 0.3) is 11.6 Å². The van der Waals surface area contributed by atoms with Crippen molar-refractivity contribution in [2.45, 2.75) is 13.5 Å². The van der Waals surface area contributed by atoms with Gasteiger partial charge in [0, 0.05) is 30.1 Å². The van der Waals surface area contributed by atoms with E-state index in [9.17, 15) is 19.7 Å². The monoisotopic (exact) mass is 402 g/mol. The number of fused-ring (bicyclic) bond motifs is 1. The van der Waals surface area contributed by atoms with Crippen LogP contribution in [0.15, 0.2) is 60.7 Å². The predicted molar refractivity (Wildman–Crippen MR) is 114 cm³/mol. The first-order valence-electron chi connectivity index (χ1n) is 9.25. The summed E-state index contributed by atoms with van der Waals surface area (Å²) in [4.78, 5) is 34.9. The molecule has 8 nitrogen and oxygen atoms in total. The minimum Gasteiger partial charge on any atom is -0.348 e. The van der Waals surface area contributed by atoms with Crippen molar-refractivity contribution < 1.29 is 14.5 Å². The Morgan fingerprint density at radius 3 is 2.40 bits per heavy atom. The standard InChI is InChI=1S/C22H18N4O4/c1-13-3-2-4-16(9-13)25-22(28)24-15-7-5-14(6-8-15)18-10-17(26(29)30)11-19-20(18)12-23-21(19)27/h2-11H,12H2,1H3,(H,23,27)(H2,24,25,28). The molecule has 0 unspecified atom stereocenters. The highest BCUT2D eigenvalue weighted by molar-refractivity contribution is 6.02. The molecule has 150 valence electrons. The first-order chi connectivity index (χ1) is 14.4. The van der Waals surface area contributed by atoms with Crippen molar-refractivity contribution in [2.24, 2.45) is 0 Å². The van der Waals surface area contributed by atoms with Gasteiger partial charge in [0.2, 0.25) is 0 Å². The number of amides is 3. The lowest BCUT2D eigenvalue weighted by Gasteiger charge is -2.11. The largest absolute Gasteiger partial charge is 0.348 e. The molecule has 0 radical (unpaired) electrons. The van der Waals surface area contributed by atoms with E-state index < -0.39 is 4.92 Å². The van der Waals surface area contributed by atoms with Crippen LogP contribution in [0.2, 0.25) is 0 Å². The van der Waals surface area contributed by atoms with Gasteiger partial charge >= 0.3 is 6.03 Å². The van der Waals surface area contributed by atoms with Gasteiger partial charge in [-0.05, 0) is 53.4 Å². The first-order valence-corrected chi connectivity index (χ1v) is 9.25. The Hall–Kier alpha value is -4.20. The summed E-state index contributed by atoms with van der Waals surface area (Å²) in [5.41, 5.74) is 4.54. The summed E-state index contributed by atoms with van der Waals surface area (Å²) in [5.74, 6) is -0.318. The smallest absolute Gasteiger partial charge is 0.323 e. The average Bonchev–Trinajstić information content (AvgIpc) is 3.09. The Labute approximate surface area is 172 Å². The second kappa shape index (κ2) is 7.67. The van der Waals surface area contributed by atoms with Crippen molar-refractivity contribution in [1.29, 1.82) is 0 Å². The fourth-order valence-electron chi connectivity index (χ4n) is 3.43. The molecule has 3 N–H and O–H groups in total. The van der Waals surface area contributed by atoms with Gasteiger partial charge in [0.05, 0.1) is 10.5 Å². The number of hydrogen-bond donors (Lipinski definition) is 3. The van der Waals surface area contributed by atoms with Gasteiger partial charge in [-0.2, -0.15) is 0 Å². The number of nitrogens with zero attached hydrogens (tertiary/aromatic N) is 1. The van der Waals surface area contributed by atoms with Crippen molar-refractivity contribution >= 4 is 29.0 Å². The maximum absolute atomic E-state index is 12.2. The highest BCUT2D eigenvalue weighted by atomic mass is 16.6. The van der Waals surface area contributed by atoms with E-state index in [2.05, 4.69) is 16.0 Å². The van der Waals surface area contributed by atoms with Crippen LogP contribution in [0.4, 0.5) is 21.9 Å². The van der Waals surface area contributed by atoms with E-state index in [1.807, 2.05) is 25.1 Å². The molecule has 0 spiro atoms. The van der Waals surface area contributed by atoms with E-state index >= 15 is 0 Å². The molecule has 0 bridgehead atoms. The highest BCUT2D eigenvalue weighted by Gasteiger charge is 2.26. The zero-order chi connectivity index (χ0) is 21.3. The molecule has 0 saturated heterocycles. The van der Waals surface area contributed by atoms with Crippen LogP contribution in [0.3, 0.4) is 0 Å². The Morgan fingerprint density at radius 1 is 1.00 bits per heavy atom. The molecule has 0 fully saturated rings. The summed E-state index contributed by atoms with van der Waals surface area (Å²) in [5, 5.41) is 19.5. The topological polar surface area (TPSA) is 113 Å². The van der Waals surface area contributed by atoms with Crippen LogP contribution < -0.4 is 16.0 Å². The molecule has 1 aliphatic rings. The zero-order valence-corrected chi connectivity index (χ0v) is 16.1. The Balaban J connectivity index is 1.55. The molecule has 30 heavy (non-hydrogen) atoms. The molecule has 0 aromatic heterocycles. The lowest BCUT2D eigenvalue weighted by Crippen LogP contribution is -2.19.